The second-order valence-electron chi connectivity index (χ2n) is 1.87. The largest absolute Gasteiger partial charge is 0.324 e. The molecule has 0 bridgehead atoms. The van der Waals surface area contributed by atoms with Gasteiger partial charge in [-0.2, -0.15) is 5.10 Å². The lowest BCUT2D eigenvalue weighted by atomic mass is 10.5. The Bertz CT molecular complexity index is 174. The van der Waals surface area contributed by atoms with E-state index in [2.05, 4.69) is 5.10 Å². The molecular formula is C4H8AlN3. The standard InChI is InChI=1S/C4H6N3.Al.2H/c1-4-2-3-7(5)6-4;;;/h2H,5H2,1H3;;;. The van der Waals surface area contributed by atoms with Crippen LogP contribution in [0, 0.1) is 6.92 Å². The van der Waals surface area contributed by atoms with E-state index in [0.29, 0.717) is 0 Å². The maximum atomic E-state index is 5.38. The number of hydrogen-bond donors (Lipinski definition) is 1. The third kappa shape index (κ3) is 0.858. The molecule has 0 aliphatic carbocycles. The molecule has 0 fully saturated rings. The van der Waals surface area contributed by atoms with E-state index in [1.54, 1.807) is 0 Å². The van der Waals surface area contributed by atoms with Gasteiger partial charge < -0.3 is 5.84 Å². The minimum absolute atomic E-state index is 0.972. The van der Waals surface area contributed by atoms with Gasteiger partial charge in [-0.3, -0.25) is 0 Å². The summed E-state index contributed by atoms with van der Waals surface area (Å²) in [6.07, 6.45) is 0. The number of aromatic nitrogens is 2. The Morgan fingerprint density at radius 2 is 2.50 bits per heavy atom. The van der Waals surface area contributed by atoms with Crippen molar-refractivity contribution in [1.29, 1.82) is 0 Å². The van der Waals surface area contributed by atoms with Crippen molar-refractivity contribution in [3.8, 4) is 0 Å². The minimum atomic E-state index is 0.972. The summed E-state index contributed by atoms with van der Waals surface area (Å²) in [5.74, 6) is 5.38. The Hall–Kier alpha value is -0.458. The zero-order valence-corrected chi connectivity index (χ0v) is 7.05. The summed E-state index contributed by atoms with van der Waals surface area (Å²) in [7, 11) is 0. The van der Waals surface area contributed by atoms with Gasteiger partial charge in [-0.25, -0.2) is 4.79 Å². The fraction of sp³-hybridized carbons (Fsp3) is 0.250. The van der Waals surface area contributed by atoms with Gasteiger partial charge in [0.1, 0.15) is 0 Å². The lowest BCUT2D eigenvalue weighted by Gasteiger charge is -1.89. The van der Waals surface area contributed by atoms with Crippen LogP contribution in [0.25, 0.3) is 0 Å². The topological polar surface area (TPSA) is 43.8 Å². The molecule has 1 rings (SSSR count). The molecule has 0 unspecified atom stereocenters. The fourth-order valence-corrected chi connectivity index (χ4v) is 1.16. The van der Waals surface area contributed by atoms with Crippen molar-refractivity contribution < 1.29 is 0 Å². The molecule has 0 saturated carbocycles. The zero-order valence-electron chi connectivity index (χ0n) is 5.05. The average Bonchev–Trinajstić information content (AvgIpc) is 1.85. The van der Waals surface area contributed by atoms with Crippen LogP contribution >= 0.6 is 0 Å². The lowest BCUT2D eigenvalue weighted by Crippen LogP contribution is -2.25. The van der Waals surface area contributed by atoms with Crippen LogP contribution in [0.5, 0.6) is 0 Å². The first-order valence-electron chi connectivity index (χ1n) is 2.48. The van der Waals surface area contributed by atoms with E-state index in [4.69, 9.17) is 5.84 Å². The van der Waals surface area contributed by atoms with Crippen molar-refractivity contribution in [3.63, 3.8) is 0 Å². The van der Waals surface area contributed by atoms with Crippen LogP contribution < -0.4 is 10.4 Å². The molecule has 3 nitrogen and oxygen atoms in total. The van der Waals surface area contributed by atoms with Crippen LogP contribution in [0.4, 0.5) is 0 Å². The molecule has 42 valence electrons. The first-order valence-corrected chi connectivity index (χ1v) is 3.48. The highest BCUT2D eigenvalue weighted by atomic mass is 27.0. The van der Waals surface area contributed by atoms with Crippen molar-refractivity contribution in [2.75, 3.05) is 5.84 Å². The highest BCUT2D eigenvalue weighted by Crippen LogP contribution is 1.82. The van der Waals surface area contributed by atoms with Gasteiger partial charge in [0, 0.05) is 0 Å². The smallest absolute Gasteiger partial charge is 0.292 e. The minimum Gasteiger partial charge on any atom is -0.324 e. The van der Waals surface area contributed by atoms with Crippen LogP contribution in [-0.2, 0) is 0 Å². The van der Waals surface area contributed by atoms with Crippen LogP contribution in [0.1, 0.15) is 5.69 Å². The number of nitrogens with two attached hydrogens (primary N) is 1. The normalized spacial score (nSPS) is 9.62. The average molecular weight is 125 g/mol. The highest BCUT2D eigenvalue weighted by Gasteiger charge is 1.92. The van der Waals surface area contributed by atoms with E-state index in [9.17, 15) is 0 Å². The van der Waals surface area contributed by atoms with Crippen molar-refractivity contribution >= 4 is 20.8 Å². The summed E-state index contributed by atoms with van der Waals surface area (Å²) in [6.45, 7) is 1.94. The summed E-state index contributed by atoms with van der Waals surface area (Å²) < 4.78 is 1.13. The SMILES string of the molecule is Cc1c[c]([AlH2])n(N)n1. The molecule has 0 amide bonds. The lowest BCUT2D eigenvalue weighted by molar-refractivity contribution is 0.838. The Kier molecular flexibility index (Phi) is 1.28. The van der Waals surface area contributed by atoms with Gasteiger partial charge in [-0.05, 0) is 17.5 Å². The van der Waals surface area contributed by atoms with Crippen LogP contribution in [0.3, 0.4) is 0 Å². The van der Waals surface area contributed by atoms with Crippen LogP contribution in [0.15, 0.2) is 6.07 Å². The van der Waals surface area contributed by atoms with Gasteiger partial charge in [0.25, 0.3) is 16.3 Å². The van der Waals surface area contributed by atoms with Gasteiger partial charge in [0.2, 0.25) is 0 Å². The molecule has 0 saturated heterocycles. The Morgan fingerprint density at radius 3 is 2.62 bits per heavy atom. The number of nitrogen functional groups attached to an aromatic ring is 1. The van der Waals surface area contributed by atoms with Gasteiger partial charge in [-0.15, -0.1) is 0 Å². The molecule has 1 heterocycles. The molecule has 0 spiro atoms. The number of hydrogen-bond acceptors (Lipinski definition) is 2. The third-order valence-electron chi connectivity index (χ3n) is 1.04. The van der Waals surface area contributed by atoms with E-state index < -0.39 is 0 Å². The summed E-state index contributed by atoms with van der Waals surface area (Å²) in [4.78, 5) is 1.43. The predicted molar refractivity (Wildman–Crippen MR) is 35.3 cm³/mol. The van der Waals surface area contributed by atoms with E-state index in [1.165, 1.54) is 4.79 Å². The van der Waals surface area contributed by atoms with Gasteiger partial charge in [0.15, 0.2) is 0 Å². The molecule has 4 heteroatoms. The monoisotopic (exact) mass is 125 g/mol. The van der Waals surface area contributed by atoms with Gasteiger partial charge in [0.05, 0.1) is 5.69 Å². The summed E-state index contributed by atoms with van der Waals surface area (Å²) >= 11 is 0.972. The van der Waals surface area contributed by atoms with Crippen LogP contribution in [-0.4, -0.2) is 26.2 Å². The number of nitrogens with zero attached hydrogens (tertiary/aromatic N) is 2. The molecule has 1 aromatic rings. The molecule has 1 aromatic heterocycles. The quantitative estimate of drug-likeness (QED) is 0.327. The number of rotatable bonds is 0. The maximum absolute atomic E-state index is 5.38. The van der Waals surface area contributed by atoms with E-state index in [0.717, 1.165) is 26.5 Å². The van der Waals surface area contributed by atoms with Crippen molar-refractivity contribution in [3.05, 3.63) is 11.8 Å². The number of aryl methyl sites for hydroxylation is 1. The molecule has 0 aliphatic rings. The highest BCUT2D eigenvalue weighted by molar-refractivity contribution is 6.30. The second-order valence-corrected chi connectivity index (χ2v) is 2.90. The Labute approximate surface area is 55.9 Å². The third-order valence-corrected chi connectivity index (χ3v) is 1.79. The molecular weight excluding hydrogens is 117 g/mol. The van der Waals surface area contributed by atoms with Gasteiger partial charge in [-0.1, -0.05) is 0 Å². The molecule has 0 aliphatic heterocycles. The predicted octanol–water partition coefficient (Wildman–Crippen LogP) is -1.84. The molecule has 0 atom stereocenters. The van der Waals surface area contributed by atoms with Crippen LogP contribution in [0.2, 0.25) is 0 Å². The van der Waals surface area contributed by atoms with Crippen molar-refractivity contribution in [1.82, 2.24) is 9.89 Å². The zero-order chi connectivity index (χ0) is 6.15. The molecule has 2 N–H and O–H groups in total. The maximum Gasteiger partial charge on any atom is 0.292 e. The Balaban J connectivity index is 3.14. The van der Waals surface area contributed by atoms with E-state index in [1.807, 2.05) is 13.0 Å². The van der Waals surface area contributed by atoms with E-state index in [-0.39, 0.29) is 0 Å². The first kappa shape index (κ1) is 5.68. The first-order chi connectivity index (χ1) is 3.70. The Morgan fingerprint density at radius 1 is 1.88 bits per heavy atom. The molecule has 0 aromatic carbocycles. The summed E-state index contributed by atoms with van der Waals surface area (Å²) in [5, 5.41) is 3.94. The summed E-state index contributed by atoms with van der Waals surface area (Å²) in [5.41, 5.74) is 0.998. The molecule has 0 radical (unpaired) electrons. The van der Waals surface area contributed by atoms with Gasteiger partial charge >= 0.3 is 0 Å². The summed E-state index contributed by atoms with van der Waals surface area (Å²) in [6, 6.07) is 1.99. The molecule has 8 heavy (non-hydrogen) atoms. The fourth-order valence-electron chi connectivity index (χ4n) is 0.646. The van der Waals surface area contributed by atoms with Crippen molar-refractivity contribution in [2.45, 2.75) is 6.92 Å². The second kappa shape index (κ2) is 1.81. The van der Waals surface area contributed by atoms with Crippen molar-refractivity contribution in [2.24, 2.45) is 0 Å². The van der Waals surface area contributed by atoms with E-state index >= 15 is 0 Å².